The van der Waals surface area contributed by atoms with Gasteiger partial charge in [0.2, 0.25) is 0 Å². The molecule has 3 rings (SSSR count). The first-order chi connectivity index (χ1) is 7.86. The van der Waals surface area contributed by atoms with Crippen molar-refractivity contribution in [3.8, 4) is 0 Å². The van der Waals surface area contributed by atoms with E-state index in [1.165, 1.54) is 58.0 Å². The highest BCUT2D eigenvalue weighted by atomic mass is 15.2. The van der Waals surface area contributed by atoms with E-state index in [9.17, 15) is 0 Å². The lowest BCUT2D eigenvalue weighted by molar-refractivity contribution is 0.148. The molecular formula is C14H26N2. The highest BCUT2D eigenvalue weighted by Gasteiger charge is 2.37. The number of nitrogens with two attached hydrogens (primary N) is 1. The summed E-state index contributed by atoms with van der Waals surface area (Å²) in [4.78, 5) is 2.83. The largest absolute Gasteiger partial charge is 0.330 e. The van der Waals surface area contributed by atoms with Gasteiger partial charge in [0.25, 0.3) is 0 Å². The molecule has 3 saturated carbocycles. The van der Waals surface area contributed by atoms with Crippen molar-refractivity contribution in [3.63, 3.8) is 0 Å². The summed E-state index contributed by atoms with van der Waals surface area (Å²) in [5.74, 6) is 2.88. The average molecular weight is 222 g/mol. The average Bonchev–Trinajstić information content (AvgIpc) is 3.20. The monoisotopic (exact) mass is 222 g/mol. The minimum atomic E-state index is 0.803. The summed E-state index contributed by atoms with van der Waals surface area (Å²) in [6, 6.07) is 0.839. The Bertz CT molecular complexity index is 219. The quantitative estimate of drug-likeness (QED) is 0.747. The fourth-order valence-electron chi connectivity index (χ4n) is 3.38. The molecule has 3 aliphatic carbocycles. The number of nitrogens with zero attached hydrogens (tertiary/aromatic N) is 1. The maximum Gasteiger partial charge on any atom is 0.0136 e. The Balaban J connectivity index is 1.59. The predicted octanol–water partition coefficient (Wildman–Crippen LogP) is 2.24. The molecule has 0 aliphatic heterocycles. The third kappa shape index (κ3) is 2.60. The van der Waals surface area contributed by atoms with Crippen molar-refractivity contribution in [1.29, 1.82) is 0 Å². The van der Waals surface area contributed by atoms with Gasteiger partial charge in [0.15, 0.2) is 0 Å². The lowest BCUT2D eigenvalue weighted by atomic mass is 10.0. The molecule has 2 unspecified atom stereocenters. The van der Waals surface area contributed by atoms with Crippen LogP contribution in [0, 0.1) is 17.8 Å². The smallest absolute Gasteiger partial charge is 0.0136 e. The van der Waals surface area contributed by atoms with Crippen LogP contribution in [0.15, 0.2) is 0 Å². The SMILES string of the molecule is NCC1CCCC1N(CC1CC1)CC1CC1. The molecule has 0 aromatic heterocycles. The van der Waals surface area contributed by atoms with E-state index in [2.05, 4.69) is 4.90 Å². The van der Waals surface area contributed by atoms with E-state index in [4.69, 9.17) is 5.73 Å². The van der Waals surface area contributed by atoms with Crippen LogP contribution >= 0.6 is 0 Å². The molecule has 92 valence electrons. The fourth-order valence-corrected chi connectivity index (χ4v) is 3.38. The Kier molecular flexibility index (Phi) is 3.21. The summed E-state index contributed by atoms with van der Waals surface area (Å²) >= 11 is 0. The molecule has 0 aromatic rings. The molecule has 0 spiro atoms. The zero-order chi connectivity index (χ0) is 11.0. The molecule has 0 radical (unpaired) electrons. The molecule has 3 aliphatic rings. The van der Waals surface area contributed by atoms with Crippen molar-refractivity contribution in [2.24, 2.45) is 23.5 Å². The topological polar surface area (TPSA) is 29.3 Å². The van der Waals surface area contributed by atoms with Crippen LogP contribution < -0.4 is 5.73 Å². The molecule has 16 heavy (non-hydrogen) atoms. The van der Waals surface area contributed by atoms with Crippen LogP contribution in [0.25, 0.3) is 0 Å². The van der Waals surface area contributed by atoms with Crippen LogP contribution in [0.3, 0.4) is 0 Å². The van der Waals surface area contributed by atoms with Crippen LogP contribution in [0.2, 0.25) is 0 Å². The molecule has 0 saturated heterocycles. The van der Waals surface area contributed by atoms with E-state index in [1.54, 1.807) is 0 Å². The van der Waals surface area contributed by atoms with Gasteiger partial charge in [-0.1, -0.05) is 6.42 Å². The summed E-state index contributed by atoms with van der Waals surface area (Å²) in [6.45, 7) is 3.69. The normalized spacial score (nSPS) is 34.9. The Morgan fingerprint density at radius 2 is 1.50 bits per heavy atom. The second-order valence-corrected chi connectivity index (χ2v) is 6.33. The van der Waals surface area contributed by atoms with Crippen molar-refractivity contribution >= 4 is 0 Å². The first-order valence-corrected chi connectivity index (χ1v) is 7.31. The van der Waals surface area contributed by atoms with Crippen molar-refractivity contribution in [2.45, 2.75) is 51.0 Å². The van der Waals surface area contributed by atoms with E-state index >= 15 is 0 Å². The maximum absolute atomic E-state index is 5.93. The zero-order valence-electron chi connectivity index (χ0n) is 10.4. The lowest BCUT2D eigenvalue weighted by Crippen LogP contribution is -2.42. The van der Waals surface area contributed by atoms with Crippen molar-refractivity contribution in [1.82, 2.24) is 4.90 Å². The van der Waals surface area contributed by atoms with E-state index < -0.39 is 0 Å². The Morgan fingerprint density at radius 1 is 0.875 bits per heavy atom. The third-order valence-electron chi connectivity index (χ3n) is 4.77. The van der Waals surface area contributed by atoms with Gasteiger partial charge in [-0.3, -0.25) is 4.90 Å². The van der Waals surface area contributed by atoms with E-state index in [0.717, 1.165) is 30.3 Å². The van der Waals surface area contributed by atoms with Crippen LogP contribution in [0.5, 0.6) is 0 Å². The summed E-state index contributed by atoms with van der Waals surface area (Å²) in [5, 5.41) is 0. The molecular weight excluding hydrogens is 196 g/mol. The second-order valence-electron chi connectivity index (χ2n) is 6.33. The maximum atomic E-state index is 5.93. The standard InChI is InChI=1S/C14H26N2/c15-8-13-2-1-3-14(13)16(9-11-4-5-11)10-12-6-7-12/h11-14H,1-10,15H2. The van der Waals surface area contributed by atoms with E-state index in [-0.39, 0.29) is 0 Å². The van der Waals surface area contributed by atoms with Gasteiger partial charge in [-0.05, 0) is 62.8 Å². The van der Waals surface area contributed by atoms with Gasteiger partial charge in [-0.25, -0.2) is 0 Å². The summed E-state index contributed by atoms with van der Waals surface area (Å²) in [7, 11) is 0. The highest BCUT2D eigenvalue weighted by Crippen LogP contribution is 2.38. The summed E-state index contributed by atoms with van der Waals surface area (Å²) in [5.41, 5.74) is 5.93. The first kappa shape index (κ1) is 11.0. The molecule has 0 aromatic carbocycles. The minimum absolute atomic E-state index is 0.803. The Labute approximate surface area is 99.6 Å². The summed E-state index contributed by atoms with van der Waals surface area (Å²) < 4.78 is 0. The molecule has 0 amide bonds. The molecule has 2 atom stereocenters. The Hall–Kier alpha value is -0.0800. The van der Waals surface area contributed by atoms with Gasteiger partial charge in [0.1, 0.15) is 0 Å². The highest BCUT2D eigenvalue weighted by molar-refractivity contribution is 4.91. The minimum Gasteiger partial charge on any atom is -0.330 e. The molecule has 0 bridgehead atoms. The van der Waals surface area contributed by atoms with Crippen LogP contribution in [0.4, 0.5) is 0 Å². The van der Waals surface area contributed by atoms with Crippen LogP contribution in [-0.2, 0) is 0 Å². The Morgan fingerprint density at radius 3 is 2.00 bits per heavy atom. The van der Waals surface area contributed by atoms with Gasteiger partial charge in [-0.2, -0.15) is 0 Å². The lowest BCUT2D eigenvalue weighted by Gasteiger charge is -2.33. The molecule has 2 N–H and O–H groups in total. The van der Waals surface area contributed by atoms with Gasteiger partial charge in [0, 0.05) is 19.1 Å². The first-order valence-electron chi connectivity index (χ1n) is 7.31. The van der Waals surface area contributed by atoms with E-state index in [1.807, 2.05) is 0 Å². The molecule has 2 heteroatoms. The van der Waals surface area contributed by atoms with Crippen molar-refractivity contribution in [2.75, 3.05) is 19.6 Å². The molecule has 0 heterocycles. The van der Waals surface area contributed by atoms with Crippen molar-refractivity contribution < 1.29 is 0 Å². The molecule has 2 nitrogen and oxygen atoms in total. The fraction of sp³-hybridized carbons (Fsp3) is 1.00. The third-order valence-corrected chi connectivity index (χ3v) is 4.77. The van der Waals surface area contributed by atoms with Gasteiger partial charge in [0.05, 0.1) is 0 Å². The predicted molar refractivity (Wildman–Crippen MR) is 67.2 cm³/mol. The van der Waals surface area contributed by atoms with Gasteiger partial charge >= 0.3 is 0 Å². The zero-order valence-corrected chi connectivity index (χ0v) is 10.4. The summed E-state index contributed by atoms with van der Waals surface area (Å²) in [6.07, 6.45) is 10.2. The van der Waals surface area contributed by atoms with Gasteiger partial charge in [-0.15, -0.1) is 0 Å². The molecule has 3 fully saturated rings. The number of rotatable bonds is 6. The van der Waals surface area contributed by atoms with Crippen molar-refractivity contribution in [3.05, 3.63) is 0 Å². The van der Waals surface area contributed by atoms with Crippen LogP contribution in [-0.4, -0.2) is 30.6 Å². The van der Waals surface area contributed by atoms with Crippen LogP contribution in [0.1, 0.15) is 44.9 Å². The van der Waals surface area contributed by atoms with Gasteiger partial charge < -0.3 is 5.73 Å². The number of hydrogen-bond donors (Lipinski definition) is 1. The number of hydrogen-bond acceptors (Lipinski definition) is 2. The second kappa shape index (κ2) is 4.66. The van der Waals surface area contributed by atoms with E-state index in [0.29, 0.717) is 0 Å².